The number of carbonyl (C=O) groups is 1. The molecule has 2 rings (SSSR count). The molecule has 0 amide bonds. The third kappa shape index (κ3) is 3.16. The molecule has 0 unspecified atom stereocenters. The van der Waals surface area contributed by atoms with Crippen LogP contribution in [0.3, 0.4) is 0 Å². The molecule has 1 nitrogen and oxygen atoms in total. The molecule has 0 aliphatic heterocycles. The summed E-state index contributed by atoms with van der Waals surface area (Å²) in [6, 6.07) is 5.47. The average Bonchev–Trinajstić information content (AvgIpc) is 2.41. The van der Waals surface area contributed by atoms with Crippen LogP contribution in [0.4, 0.5) is 0 Å². The summed E-state index contributed by atoms with van der Waals surface area (Å²) in [6.45, 7) is 2.24. The molecule has 1 fully saturated rings. The highest BCUT2D eigenvalue weighted by molar-refractivity contribution is 9.10. The number of Topliss-reactive ketones (excluding diaryl/α,β-unsaturated/α-hetero) is 1. The van der Waals surface area contributed by atoms with Gasteiger partial charge in [0.15, 0.2) is 5.78 Å². The van der Waals surface area contributed by atoms with Gasteiger partial charge >= 0.3 is 0 Å². The van der Waals surface area contributed by atoms with Gasteiger partial charge in [0.1, 0.15) is 0 Å². The van der Waals surface area contributed by atoms with Crippen LogP contribution >= 0.6 is 27.5 Å². The van der Waals surface area contributed by atoms with Crippen LogP contribution in [0.5, 0.6) is 0 Å². The number of rotatable bonds is 3. The molecule has 1 aromatic rings. The first kappa shape index (κ1) is 14.1. The third-order valence-corrected chi connectivity index (χ3v) is 5.21. The maximum absolute atomic E-state index is 12.4. The fourth-order valence-electron chi connectivity index (χ4n) is 2.72. The molecule has 98 valence electrons. The summed E-state index contributed by atoms with van der Waals surface area (Å²) in [5.41, 5.74) is 0.784. The lowest BCUT2D eigenvalue weighted by Crippen LogP contribution is -2.21. The van der Waals surface area contributed by atoms with Crippen molar-refractivity contribution in [2.75, 3.05) is 0 Å². The number of hydrogen-bond acceptors (Lipinski definition) is 1. The first-order chi connectivity index (χ1) is 8.61. The molecule has 0 aromatic heterocycles. The average molecular weight is 330 g/mol. The predicted molar refractivity (Wildman–Crippen MR) is 79.2 cm³/mol. The molecule has 0 radical (unpaired) electrons. The maximum atomic E-state index is 12.4. The Balaban J connectivity index is 2.05. The Morgan fingerprint density at radius 3 is 2.56 bits per heavy atom. The summed E-state index contributed by atoms with van der Waals surface area (Å²) in [7, 11) is 0. The molecule has 1 saturated carbocycles. The normalized spacial score (nSPS) is 23.9. The fourth-order valence-corrected chi connectivity index (χ4v) is 3.21. The summed E-state index contributed by atoms with van der Waals surface area (Å²) < 4.78 is 0.803. The zero-order valence-electron chi connectivity index (χ0n) is 10.6. The molecule has 0 bridgehead atoms. The van der Waals surface area contributed by atoms with E-state index in [4.69, 9.17) is 11.6 Å². The van der Waals surface area contributed by atoms with Gasteiger partial charge in [-0.25, -0.2) is 0 Å². The molecule has 0 spiro atoms. The standard InChI is InChI=1S/C15H18BrClO/c1-2-10-3-5-11(6-4-10)15(18)12-7-8-14(17)13(16)9-12/h7-11H,2-6H2,1H3. The number of benzene rings is 1. The Bertz CT molecular complexity index is 436. The summed E-state index contributed by atoms with van der Waals surface area (Å²) in [5, 5.41) is 0.654. The van der Waals surface area contributed by atoms with Crippen LogP contribution in [0.2, 0.25) is 5.02 Å². The molecule has 3 heteroatoms. The minimum Gasteiger partial charge on any atom is -0.294 e. The maximum Gasteiger partial charge on any atom is 0.165 e. The molecule has 1 aliphatic rings. The monoisotopic (exact) mass is 328 g/mol. The van der Waals surface area contributed by atoms with Gasteiger partial charge in [0.2, 0.25) is 0 Å². The van der Waals surface area contributed by atoms with E-state index in [2.05, 4.69) is 22.9 Å². The van der Waals surface area contributed by atoms with Gasteiger partial charge in [-0.3, -0.25) is 4.79 Å². The smallest absolute Gasteiger partial charge is 0.165 e. The molecule has 0 heterocycles. The van der Waals surface area contributed by atoms with Gasteiger partial charge in [0.25, 0.3) is 0 Å². The van der Waals surface area contributed by atoms with Crippen molar-refractivity contribution < 1.29 is 4.79 Å². The SMILES string of the molecule is CCC1CCC(C(=O)c2ccc(Cl)c(Br)c2)CC1. The van der Waals surface area contributed by atoms with E-state index in [1.54, 1.807) is 6.07 Å². The first-order valence-electron chi connectivity index (χ1n) is 6.61. The van der Waals surface area contributed by atoms with Crippen molar-refractivity contribution in [3.8, 4) is 0 Å². The summed E-state index contributed by atoms with van der Waals surface area (Å²) in [6.07, 6.45) is 5.71. The predicted octanol–water partition coefficient (Wildman–Crippen LogP) is 5.50. The van der Waals surface area contributed by atoms with Crippen LogP contribution in [0, 0.1) is 11.8 Å². The van der Waals surface area contributed by atoms with Crippen molar-refractivity contribution in [1.82, 2.24) is 0 Å². The second-order valence-electron chi connectivity index (χ2n) is 5.12. The Morgan fingerprint density at radius 1 is 1.33 bits per heavy atom. The molecule has 1 aliphatic carbocycles. The minimum absolute atomic E-state index is 0.209. The highest BCUT2D eigenvalue weighted by Gasteiger charge is 2.26. The Morgan fingerprint density at radius 2 is 2.00 bits per heavy atom. The second-order valence-corrected chi connectivity index (χ2v) is 6.38. The third-order valence-electron chi connectivity index (χ3n) is 4.00. The summed E-state index contributed by atoms with van der Waals surface area (Å²) in [4.78, 5) is 12.4. The van der Waals surface area contributed by atoms with Gasteiger partial charge < -0.3 is 0 Å². The van der Waals surface area contributed by atoms with Crippen LogP contribution in [0.25, 0.3) is 0 Å². The van der Waals surface area contributed by atoms with Crippen LogP contribution in [-0.2, 0) is 0 Å². The first-order valence-corrected chi connectivity index (χ1v) is 7.78. The molecule has 18 heavy (non-hydrogen) atoms. The highest BCUT2D eigenvalue weighted by atomic mass is 79.9. The number of ketones is 1. The lowest BCUT2D eigenvalue weighted by Gasteiger charge is -2.26. The zero-order chi connectivity index (χ0) is 13.1. The van der Waals surface area contributed by atoms with E-state index in [9.17, 15) is 4.79 Å². The van der Waals surface area contributed by atoms with Crippen LogP contribution < -0.4 is 0 Å². The molecule has 1 aromatic carbocycles. The largest absolute Gasteiger partial charge is 0.294 e. The van der Waals surface area contributed by atoms with Crippen molar-refractivity contribution in [3.05, 3.63) is 33.3 Å². The number of hydrogen-bond donors (Lipinski definition) is 0. The molecular formula is C15H18BrClO. The van der Waals surface area contributed by atoms with Crippen molar-refractivity contribution in [3.63, 3.8) is 0 Å². The van der Waals surface area contributed by atoms with E-state index in [-0.39, 0.29) is 11.7 Å². The van der Waals surface area contributed by atoms with Gasteiger partial charge in [0.05, 0.1) is 5.02 Å². The quantitative estimate of drug-likeness (QED) is 0.669. The topological polar surface area (TPSA) is 17.1 Å². The van der Waals surface area contributed by atoms with Crippen LogP contribution in [0.15, 0.2) is 22.7 Å². The van der Waals surface area contributed by atoms with Crippen molar-refractivity contribution in [2.24, 2.45) is 11.8 Å². The van der Waals surface area contributed by atoms with E-state index in [0.717, 1.165) is 28.8 Å². The summed E-state index contributed by atoms with van der Waals surface area (Å²) in [5.74, 6) is 1.31. The number of carbonyl (C=O) groups excluding carboxylic acids is 1. The van der Waals surface area contributed by atoms with E-state index in [0.29, 0.717) is 5.02 Å². The van der Waals surface area contributed by atoms with Crippen LogP contribution in [-0.4, -0.2) is 5.78 Å². The van der Waals surface area contributed by atoms with Crippen LogP contribution in [0.1, 0.15) is 49.4 Å². The molecule has 0 saturated heterocycles. The highest BCUT2D eigenvalue weighted by Crippen LogP contribution is 2.33. The van der Waals surface area contributed by atoms with Crippen molar-refractivity contribution >= 4 is 33.3 Å². The Hall–Kier alpha value is -0.340. The second kappa shape index (κ2) is 6.21. The van der Waals surface area contributed by atoms with Crippen molar-refractivity contribution in [1.29, 1.82) is 0 Å². The molecule has 0 atom stereocenters. The van der Waals surface area contributed by atoms with E-state index < -0.39 is 0 Å². The zero-order valence-corrected chi connectivity index (χ0v) is 12.9. The van der Waals surface area contributed by atoms with Gasteiger partial charge in [-0.15, -0.1) is 0 Å². The lowest BCUT2D eigenvalue weighted by molar-refractivity contribution is 0.0871. The van der Waals surface area contributed by atoms with Gasteiger partial charge in [-0.05, 0) is 65.7 Å². The van der Waals surface area contributed by atoms with Gasteiger partial charge in [0, 0.05) is 16.0 Å². The van der Waals surface area contributed by atoms with Gasteiger partial charge in [-0.1, -0.05) is 24.9 Å². The van der Waals surface area contributed by atoms with E-state index in [1.165, 1.54) is 19.3 Å². The van der Waals surface area contributed by atoms with E-state index >= 15 is 0 Å². The minimum atomic E-state index is 0.209. The molecular weight excluding hydrogens is 312 g/mol. The lowest BCUT2D eigenvalue weighted by atomic mass is 9.78. The fraction of sp³-hybridized carbons (Fsp3) is 0.533. The van der Waals surface area contributed by atoms with Crippen molar-refractivity contribution in [2.45, 2.75) is 39.0 Å². The summed E-state index contributed by atoms with van der Waals surface area (Å²) >= 11 is 9.33. The van der Waals surface area contributed by atoms with Gasteiger partial charge in [-0.2, -0.15) is 0 Å². The van der Waals surface area contributed by atoms with E-state index in [1.807, 2.05) is 12.1 Å². The number of halogens is 2. The molecule has 0 N–H and O–H groups in total. The Labute approximate surface area is 122 Å². The Kier molecular flexibility index (Phi) is 4.85.